The molecule has 2 heterocycles. The van der Waals surface area contributed by atoms with E-state index >= 15 is 0 Å². The number of benzene rings is 1. The molecule has 3 aromatic rings. The quantitative estimate of drug-likeness (QED) is 0.761. The van der Waals surface area contributed by atoms with Crippen LogP contribution in [0.15, 0.2) is 61.1 Å². The lowest BCUT2D eigenvalue weighted by Gasteiger charge is -2.18. The predicted octanol–water partition coefficient (Wildman–Crippen LogP) is 2.88. The number of pyridine rings is 1. The minimum absolute atomic E-state index is 0.0943. The molecule has 0 saturated heterocycles. The van der Waals surface area contributed by atoms with E-state index in [4.69, 9.17) is 0 Å². The maximum absolute atomic E-state index is 13.6. The summed E-state index contributed by atoms with van der Waals surface area (Å²) in [5.41, 5.74) is 2.93. The van der Waals surface area contributed by atoms with Gasteiger partial charge in [-0.25, -0.2) is 4.39 Å². The first kappa shape index (κ1) is 15.4. The standard InChI is InChI=1S/C18H19FN4/c1-23-13-15(12-22-23)18(14-5-4-6-16(19)11-14)21-10-8-17-7-2-3-9-20-17/h2-7,9,11-13,18,21H,8,10H2,1H3/t18-/m0/s1. The molecule has 0 aliphatic carbocycles. The van der Waals surface area contributed by atoms with Crippen molar-refractivity contribution in [2.24, 2.45) is 7.05 Å². The highest BCUT2D eigenvalue weighted by molar-refractivity contribution is 5.29. The van der Waals surface area contributed by atoms with Crippen LogP contribution in [-0.4, -0.2) is 21.3 Å². The molecule has 3 rings (SSSR count). The summed E-state index contributed by atoms with van der Waals surface area (Å²) in [6.45, 7) is 0.743. The van der Waals surface area contributed by atoms with Crippen LogP contribution in [0.4, 0.5) is 4.39 Å². The van der Waals surface area contributed by atoms with E-state index in [9.17, 15) is 4.39 Å². The van der Waals surface area contributed by atoms with Gasteiger partial charge in [0.2, 0.25) is 0 Å². The highest BCUT2D eigenvalue weighted by Gasteiger charge is 2.15. The smallest absolute Gasteiger partial charge is 0.123 e. The number of halogens is 1. The molecular weight excluding hydrogens is 291 g/mol. The topological polar surface area (TPSA) is 42.7 Å². The Balaban J connectivity index is 1.75. The molecule has 1 aromatic carbocycles. The summed E-state index contributed by atoms with van der Waals surface area (Å²) >= 11 is 0. The number of hydrogen-bond donors (Lipinski definition) is 1. The fraction of sp³-hybridized carbons (Fsp3) is 0.222. The van der Waals surface area contributed by atoms with Crippen LogP contribution in [0.3, 0.4) is 0 Å². The van der Waals surface area contributed by atoms with Crippen molar-refractivity contribution in [3.8, 4) is 0 Å². The van der Waals surface area contributed by atoms with Crippen molar-refractivity contribution in [2.45, 2.75) is 12.5 Å². The number of nitrogens with one attached hydrogen (secondary N) is 1. The largest absolute Gasteiger partial charge is 0.306 e. The summed E-state index contributed by atoms with van der Waals surface area (Å²) < 4.78 is 15.3. The van der Waals surface area contributed by atoms with Gasteiger partial charge in [0, 0.05) is 43.7 Å². The molecule has 0 spiro atoms. The third-order valence-corrected chi connectivity index (χ3v) is 3.70. The molecule has 0 radical (unpaired) electrons. The van der Waals surface area contributed by atoms with Gasteiger partial charge in [0.1, 0.15) is 5.82 Å². The van der Waals surface area contributed by atoms with Crippen LogP contribution in [-0.2, 0) is 13.5 Å². The van der Waals surface area contributed by atoms with Crippen molar-refractivity contribution in [3.63, 3.8) is 0 Å². The van der Waals surface area contributed by atoms with Gasteiger partial charge in [0.25, 0.3) is 0 Å². The van der Waals surface area contributed by atoms with Crippen molar-refractivity contribution < 1.29 is 4.39 Å². The van der Waals surface area contributed by atoms with Crippen LogP contribution < -0.4 is 5.32 Å². The van der Waals surface area contributed by atoms with E-state index in [2.05, 4.69) is 15.4 Å². The summed E-state index contributed by atoms with van der Waals surface area (Å²) in [5, 5.41) is 7.70. The second-order valence-electron chi connectivity index (χ2n) is 5.46. The van der Waals surface area contributed by atoms with Gasteiger partial charge in [0.15, 0.2) is 0 Å². The van der Waals surface area contributed by atoms with Gasteiger partial charge in [-0.1, -0.05) is 18.2 Å². The van der Waals surface area contributed by atoms with E-state index in [1.807, 2.05) is 43.7 Å². The molecule has 0 bridgehead atoms. The maximum atomic E-state index is 13.6. The second-order valence-corrected chi connectivity index (χ2v) is 5.46. The number of nitrogens with zero attached hydrogens (tertiary/aromatic N) is 3. The van der Waals surface area contributed by atoms with E-state index in [1.165, 1.54) is 6.07 Å². The average Bonchev–Trinajstić information content (AvgIpc) is 2.99. The molecule has 0 aliphatic heterocycles. The number of aromatic nitrogens is 3. The third kappa shape index (κ3) is 4.02. The Morgan fingerprint density at radius 2 is 2.09 bits per heavy atom. The lowest BCUT2D eigenvalue weighted by Crippen LogP contribution is -2.24. The molecule has 0 amide bonds. The van der Waals surface area contributed by atoms with Crippen molar-refractivity contribution in [3.05, 3.63) is 83.7 Å². The zero-order chi connectivity index (χ0) is 16.1. The van der Waals surface area contributed by atoms with Crippen LogP contribution in [0.25, 0.3) is 0 Å². The molecule has 118 valence electrons. The predicted molar refractivity (Wildman–Crippen MR) is 87.4 cm³/mol. The van der Waals surface area contributed by atoms with E-state index in [0.29, 0.717) is 0 Å². The molecule has 0 saturated carbocycles. The SMILES string of the molecule is Cn1cc([C@@H](NCCc2ccccn2)c2cccc(F)c2)cn1. The van der Waals surface area contributed by atoms with E-state index in [1.54, 1.807) is 23.0 Å². The minimum atomic E-state index is -0.233. The van der Waals surface area contributed by atoms with Crippen LogP contribution in [0.1, 0.15) is 22.9 Å². The molecule has 4 nitrogen and oxygen atoms in total. The highest BCUT2D eigenvalue weighted by atomic mass is 19.1. The van der Waals surface area contributed by atoms with Gasteiger partial charge in [-0.15, -0.1) is 0 Å². The van der Waals surface area contributed by atoms with Crippen molar-refractivity contribution in [1.29, 1.82) is 0 Å². The summed E-state index contributed by atoms with van der Waals surface area (Å²) in [5.74, 6) is -0.233. The first-order chi connectivity index (χ1) is 11.2. The van der Waals surface area contributed by atoms with Crippen LogP contribution in [0, 0.1) is 5.82 Å². The Bertz CT molecular complexity index is 754. The lowest BCUT2D eigenvalue weighted by atomic mass is 10.0. The Morgan fingerprint density at radius 1 is 1.17 bits per heavy atom. The number of rotatable bonds is 6. The van der Waals surface area contributed by atoms with Crippen molar-refractivity contribution in [1.82, 2.24) is 20.1 Å². The molecule has 0 aliphatic rings. The zero-order valence-corrected chi connectivity index (χ0v) is 13.0. The molecular formula is C18H19FN4. The number of hydrogen-bond acceptors (Lipinski definition) is 3. The summed E-state index contributed by atoms with van der Waals surface area (Å²) in [7, 11) is 1.88. The fourth-order valence-corrected chi connectivity index (χ4v) is 2.59. The summed E-state index contributed by atoms with van der Waals surface area (Å²) in [4.78, 5) is 4.32. The average molecular weight is 310 g/mol. The summed E-state index contributed by atoms with van der Waals surface area (Å²) in [6, 6.07) is 12.5. The molecule has 0 unspecified atom stereocenters. The first-order valence-corrected chi connectivity index (χ1v) is 7.59. The molecule has 23 heavy (non-hydrogen) atoms. The van der Waals surface area contributed by atoms with E-state index in [-0.39, 0.29) is 11.9 Å². The number of aryl methyl sites for hydroxylation is 1. The first-order valence-electron chi connectivity index (χ1n) is 7.59. The van der Waals surface area contributed by atoms with Crippen LogP contribution >= 0.6 is 0 Å². The van der Waals surface area contributed by atoms with Crippen LogP contribution in [0.5, 0.6) is 0 Å². The Kier molecular flexibility index (Phi) is 4.78. The molecule has 0 fully saturated rings. The lowest BCUT2D eigenvalue weighted by molar-refractivity contribution is 0.587. The Hall–Kier alpha value is -2.53. The second kappa shape index (κ2) is 7.15. The normalized spacial score (nSPS) is 12.3. The van der Waals surface area contributed by atoms with Gasteiger partial charge < -0.3 is 5.32 Å². The van der Waals surface area contributed by atoms with Crippen molar-refractivity contribution in [2.75, 3.05) is 6.54 Å². The van der Waals surface area contributed by atoms with Crippen molar-refractivity contribution >= 4 is 0 Å². The highest BCUT2D eigenvalue weighted by Crippen LogP contribution is 2.22. The fourth-order valence-electron chi connectivity index (χ4n) is 2.59. The van der Waals surface area contributed by atoms with E-state index < -0.39 is 0 Å². The minimum Gasteiger partial charge on any atom is -0.306 e. The van der Waals surface area contributed by atoms with Gasteiger partial charge >= 0.3 is 0 Å². The molecule has 2 aromatic heterocycles. The molecule has 1 atom stereocenters. The third-order valence-electron chi connectivity index (χ3n) is 3.70. The van der Waals surface area contributed by atoms with Gasteiger partial charge in [-0.05, 0) is 29.8 Å². The van der Waals surface area contributed by atoms with Gasteiger partial charge in [-0.3, -0.25) is 9.67 Å². The van der Waals surface area contributed by atoms with Gasteiger partial charge in [0.05, 0.1) is 12.2 Å². The maximum Gasteiger partial charge on any atom is 0.123 e. The van der Waals surface area contributed by atoms with E-state index in [0.717, 1.165) is 29.8 Å². The molecule has 1 N–H and O–H groups in total. The Morgan fingerprint density at radius 3 is 2.78 bits per heavy atom. The Labute approximate surface area is 135 Å². The zero-order valence-electron chi connectivity index (χ0n) is 13.0. The van der Waals surface area contributed by atoms with Crippen LogP contribution in [0.2, 0.25) is 0 Å². The molecule has 5 heteroatoms. The van der Waals surface area contributed by atoms with Gasteiger partial charge in [-0.2, -0.15) is 5.10 Å². The summed E-state index contributed by atoms with van der Waals surface area (Å²) in [6.07, 6.45) is 6.36. The monoisotopic (exact) mass is 310 g/mol.